The van der Waals surface area contributed by atoms with E-state index in [9.17, 15) is 0 Å². The minimum absolute atomic E-state index is 0.363. The number of ether oxygens (including phenoxy) is 2. The maximum atomic E-state index is 8.04. The van der Waals surface area contributed by atoms with Gasteiger partial charge in [-0.1, -0.05) is 24.2 Å². The fourth-order valence-corrected chi connectivity index (χ4v) is 1.29. The summed E-state index contributed by atoms with van der Waals surface area (Å²) in [7, 11) is 0. The SMILES string of the molecule is CCc1ccc(OCCOCCN=[N+]=[N-])cc1. The van der Waals surface area contributed by atoms with E-state index in [0.717, 1.165) is 12.2 Å². The summed E-state index contributed by atoms with van der Waals surface area (Å²) in [6, 6.07) is 8.02. The van der Waals surface area contributed by atoms with Crippen LogP contribution < -0.4 is 4.74 Å². The third kappa shape index (κ3) is 5.80. The normalized spacial score (nSPS) is 9.71. The molecule has 0 fully saturated rings. The molecule has 0 aliphatic rings. The van der Waals surface area contributed by atoms with Gasteiger partial charge in [-0.05, 0) is 29.6 Å². The van der Waals surface area contributed by atoms with Gasteiger partial charge in [0.05, 0.1) is 13.2 Å². The van der Waals surface area contributed by atoms with E-state index in [2.05, 4.69) is 29.1 Å². The molecule has 1 aromatic carbocycles. The molecule has 1 rings (SSSR count). The molecule has 0 unspecified atom stereocenters. The molecular formula is C12H17N3O2. The van der Waals surface area contributed by atoms with Crippen molar-refractivity contribution in [3.05, 3.63) is 40.3 Å². The quantitative estimate of drug-likeness (QED) is 0.301. The molecule has 0 N–H and O–H groups in total. The summed E-state index contributed by atoms with van der Waals surface area (Å²) in [6.45, 7) is 3.91. The lowest BCUT2D eigenvalue weighted by Crippen LogP contribution is -2.08. The molecule has 0 radical (unpaired) electrons. The van der Waals surface area contributed by atoms with Gasteiger partial charge < -0.3 is 9.47 Å². The number of azide groups is 1. The van der Waals surface area contributed by atoms with Gasteiger partial charge in [0, 0.05) is 11.5 Å². The summed E-state index contributed by atoms with van der Waals surface area (Å²) in [5, 5.41) is 3.36. The number of hydrogen-bond donors (Lipinski definition) is 0. The predicted octanol–water partition coefficient (Wildman–Crippen LogP) is 2.95. The first-order chi connectivity index (χ1) is 8.36. The minimum atomic E-state index is 0.363. The molecule has 0 atom stereocenters. The molecule has 1 aromatic rings. The summed E-state index contributed by atoms with van der Waals surface area (Å²) in [5.74, 6) is 0.848. The number of nitrogens with zero attached hydrogens (tertiary/aromatic N) is 3. The van der Waals surface area contributed by atoms with Gasteiger partial charge in [-0.2, -0.15) is 0 Å². The highest BCUT2D eigenvalue weighted by atomic mass is 16.5. The molecule has 92 valence electrons. The standard InChI is InChI=1S/C12H17N3O2/c1-2-11-3-5-12(6-4-11)17-10-9-16-8-7-14-15-13/h3-6H,2,7-10H2,1H3. The van der Waals surface area contributed by atoms with E-state index in [1.807, 2.05) is 12.1 Å². The van der Waals surface area contributed by atoms with Crippen molar-refractivity contribution in [1.29, 1.82) is 0 Å². The van der Waals surface area contributed by atoms with Gasteiger partial charge in [-0.3, -0.25) is 0 Å². The fraction of sp³-hybridized carbons (Fsp3) is 0.500. The first-order valence-electron chi connectivity index (χ1n) is 5.67. The average molecular weight is 235 g/mol. The molecule has 0 saturated carbocycles. The molecular weight excluding hydrogens is 218 g/mol. The van der Waals surface area contributed by atoms with Crippen molar-refractivity contribution in [3.63, 3.8) is 0 Å². The van der Waals surface area contributed by atoms with Crippen LogP contribution in [0.2, 0.25) is 0 Å². The number of hydrogen-bond acceptors (Lipinski definition) is 3. The average Bonchev–Trinajstić information content (AvgIpc) is 2.38. The number of aryl methyl sites for hydroxylation is 1. The zero-order chi connectivity index (χ0) is 12.3. The summed E-state index contributed by atoms with van der Waals surface area (Å²) in [5.41, 5.74) is 9.33. The molecule has 17 heavy (non-hydrogen) atoms. The fourth-order valence-electron chi connectivity index (χ4n) is 1.29. The van der Waals surface area contributed by atoms with Crippen LogP contribution in [0.5, 0.6) is 5.75 Å². The largest absolute Gasteiger partial charge is 0.491 e. The lowest BCUT2D eigenvalue weighted by Gasteiger charge is -2.06. The van der Waals surface area contributed by atoms with Crippen molar-refractivity contribution in [3.8, 4) is 5.75 Å². The van der Waals surface area contributed by atoms with Gasteiger partial charge in [0.1, 0.15) is 12.4 Å². The van der Waals surface area contributed by atoms with Crippen LogP contribution in [0, 0.1) is 0 Å². The Balaban J connectivity index is 2.11. The Morgan fingerprint density at radius 1 is 1.18 bits per heavy atom. The molecule has 0 bridgehead atoms. The van der Waals surface area contributed by atoms with E-state index in [1.54, 1.807) is 0 Å². The smallest absolute Gasteiger partial charge is 0.119 e. The van der Waals surface area contributed by atoms with Crippen LogP contribution in [0.15, 0.2) is 29.4 Å². The van der Waals surface area contributed by atoms with Crippen LogP contribution in [0.25, 0.3) is 10.4 Å². The lowest BCUT2D eigenvalue weighted by atomic mass is 10.2. The lowest BCUT2D eigenvalue weighted by molar-refractivity contribution is 0.106. The predicted molar refractivity (Wildman–Crippen MR) is 66.1 cm³/mol. The van der Waals surface area contributed by atoms with E-state index >= 15 is 0 Å². The molecule has 5 nitrogen and oxygen atoms in total. The minimum Gasteiger partial charge on any atom is -0.491 e. The molecule has 0 spiro atoms. The van der Waals surface area contributed by atoms with E-state index in [-0.39, 0.29) is 0 Å². The molecule has 0 aliphatic carbocycles. The third-order valence-electron chi connectivity index (χ3n) is 2.23. The Bertz CT molecular complexity index is 359. The van der Waals surface area contributed by atoms with Crippen molar-refractivity contribution in [2.45, 2.75) is 13.3 Å². The van der Waals surface area contributed by atoms with E-state index < -0.39 is 0 Å². The highest BCUT2D eigenvalue weighted by Gasteiger charge is 1.94. The number of benzene rings is 1. The Morgan fingerprint density at radius 3 is 2.59 bits per heavy atom. The first-order valence-corrected chi connectivity index (χ1v) is 5.67. The Kier molecular flexibility index (Phi) is 6.63. The summed E-state index contributed by atoms with van der Waals surface area (Å²) in [4.78, 5) is 2.63. The molecule has 0 heterocycles. The maximum Gasteiger partial charge on any atom is 0.119 e. The zero-order valence-electron chi connectivity index (χ0n) is 10.0. The van der Waals surface area contributed by atoms with Crippen molar-refractivity contribution in [2.75, 3.05) is 26.4 Å². The molecule has 0 amide bonds. The maximum absolute atomic E-state index is 8.04. The van der Waals surface area contributed by atoms with Crippen LogP contribution in [-0.2, 0) is 11.2 Å². The van der Waals surface area contributed by atoms with Crippen molar-refractivity contribution in [1.82, 2.24) is 0 Å². The molecule has 0 aromatic heterocycles. The van der Waals surface area contributed by atoms with Gasteiger partial charge in [-0.25, -0.2) is 0 Å². The van der Waals surface area contributed by atoms with E-state index in [0.29, 0.717) is 26.4 Å². The van der Waals surface area contributed by atoms with Gasteiger partial charge >= 0.3 is 0 Å². The van der Waals surface area contributed by atoms with Crippen LogP contribution in [-0.4, -0.2) is 26.4 Å². The van der Waals surface area contributed by atoms with Gasteiger partial charge in [0.2, 0.25) is 0 Å². The second-order valence-electron chi connectivity index (χ2n) is 3.41. The second-order valence-corrected chi connectivity index (χ2v) is 3.41. The first kappa shape index (κ1) is 13.4. The van der Waals surface area contributed by atoms with Crippen molar-refractivity contribution in [2.24, 2.45) is 5.11 Å². The Labute approximate surface area is 101 Å². The van der Waals surface area contributed by atoms with Crippen molar-refractivity contribution >= 4 is 0 Å². The van der Waals surface area contributed by atoms with Gasteiger partial charge in [0.15, 0.2) is 0 Å². The monoisotopic (exact) mass is 235 g/mol. The van der Waals surface area contributed by atoms with Crippen LogP contribution in [0.1, 0.15) is 12.5 Å². The second kappa shape index (κ2) is 8.44. The van der Waals surface area contributed by atoms with Crippen LogP contribution in [0.3, 0.4) is 0 Å². The summed E-state index contributed by atoms with van der Waals surface area (Å²) in [6.07, 6.45) is 1.03. The molecule has 0 saturated heterocycles. The van der Waals surface area contributed by atoms with Crippen LogP contribution in [0.4, 0.5) is 0 Å². The van der Waals surface area contributed by atoms with E-state index in [1.165, 1.54) is 5.56 Å². The molecule has 5 heteroatoms. The Morgan fingerprint density at radius 2 is 1.94 bits per heavy atom. The zero-order valence-corrected chi connectivity index (χ0v) is 10.0. The molecule has 0 aliphatic heterocycles. The summed E-state index contributed by atoms with van der Waals surface area (Å²) >= 11 is 0. The Hall–Kier alpha value is -1.71. The topological polar surface area (TPSA) is 67.2 Å². The highest BCUT2D eigenvalue weighted by Crippen LogP contribution is 2.12. The number of rotatable bonds is 8. The third-order valence-corrected chi connectivity index (χ3v) is 2.23. The highest BCUT2D eigenvalue weighted by molar-refractivity contribution is 5.27. The van der Waals surface area contributed by atoms with Gasteiger partial charge in [0.25, 0.3) is 0 Å². The summed E-state index contributed by atoms with van der Waals surface area (Å²) < 4.78 is 10.7. The van der Waals surface area contributed by atoms with E-state index in [4.69, 9.17) is 15.0 Å². The van der Waals surface area contributed by atoms with Gasteiger partial charge in [-0.15, -0.1) is 0 Å². The van der Waals surface area contributed by atoms with Crippen LogP contribution >= 0.6 is 0 Å². The van der Waals surface area contributed by atoms with Crippen molar-refractivity contribution < 1.29 is 9.47 Å².